The van der Waals surface area contributed by atoms with Crippen molar-refractivity contribution in [1.29, 1.82) is 0 Å². The molecule has 1 amide bonds. The van der Waals surface area contributed by atoms with E-state index in [-0.39, 0.29) is 31.0 Å². The van der Waals surface area contributed by atoms with Crippen molar-refractivity contribution >= 4 is 24.1 Å². The highest BCUT2D eigenvalue weighted by Crippen LogP contribution is 2.27. The summed E-state index contributed by atoms with van der Waals surface area (Å²) >= 11 is 0. The number of hydrogen-bond donors (Lipinski definition) is 5. The second-order valence-electron chi connectivity index (χ2n) is 10.2. The predicted molar refractivity (Wildman–Crippen MR) is 137 cm³/mol. The summed E-state index contributed by atoms with van der Waals surface area (Å²) in [7, 11) is 0. The van der Waals surface area contributed by atoms with Gasteiger partial charge in [-0.2, -0.15) is 0 Å². The van der Waals surface area contributed by atoms with Crippen molar-refractivity contribution in [3.05, 3.63) is 34.4 Å². The van der Waals surface area contributed by atoms with E-state index >= 15 is 0 Å². The van der Waals surface area contributed by atoms with Crippen LogP contribution in [0.15, 0.2) is 17.1 Å². The summed E-state index contributed by atoms with van der Waals surface area (Å²) < 4.78 is 0. The largest absolute Gasteiger partial charge is 0.396 e. The van der Waals surface area contributed by atoms with E-state index in [0.29, 0.717) is 13.0 Å². The summed E-state index contributed by atoms with van der Waals surface area (Å²) in [5.41, 5.74) is 4.99. The topological polar surface area (TPSA) is 114 Å². The van der Waals surface area contributed by atoms with Crippen LogP contribution in [-0.2, 0) is 16.6 Å². The van der Waals surface area contributed by atoms with Crippen LogP contribution < -0.4 is 10.6 Å². The van der Waals surface area contributed by atoms with Gasteiger partial charge in [-0.05, 0) is 47.9 Å². The molecule has 8 heteroatoms. The average Bonchev–Trinajstić information content (AvgIpc) is 3.23. The first-order chi connectivity index (χ1) is 14.8. The summed E-state index contributed by atoms with van der Waals surface area (Å²) in [4.78, 5) is 15.8. The van der Waals surface area contributed by atoms with Gasteiger partial charge in [-0.1, -0.05) is 46.8 Å². The molecule has 7 nitrogen and oxygen atoms in total. The number of aliphatic hydroxyl groups excluding tert-OH is 3. The molecule has 2 rings (SSSR count). The number of nitrogens with one attached hydrogen (secondary N) is 2. The number of hydrogen-bond acceptors (Lipinski definition) is 6. The monoisotopic (exact) mass is 485 g/mol. The van der Waals surface area contributed by atoms with Gasteiger partial charge in [0.1, 0.15) is 11.9 Å². The fourth-order valence-corrected chi connectivity index (χ4v) is 3.27. The Hall–Kier alpha value is -1.67. The molecule has 0 saturated heterocycles. The minimum absolute atomic E-state index is 0. The van der Waals surface area contributed by atoms with Crippen LogP contribution in [0.1, 0.15) is 63.3 Å². The average molecular weight is 486 g/mol. The lowest BCUT2D eigenvalue weighted by Gasteiger charge is -2.27. The third kappa shape index (κ3) is 10.0. The molecule has 1 heterocycles. The Labute approximate surface area is 205 Å². The molecule has 0 saturated carbocycles. The van der Waals surface area contributed by atoms with Crippen LogP contribution in [0, 0.1) is 19.3 Å². The van der Waals surface area contributed by atoms with E-state index in [2.05, 4.69) is 62.4 Å². The summed E-state index contributed by atoms with van der Waals surface area (Å²) in [6, 6.07) is 4.66. The number of nitrogens with zero attached hydrogens (tertiary/aromatic N) is 1. The molecule has 5 N–H and O–H groups in total. The first-order valence-electron chi connectivity index (χ1n) is 11.4. The molecule has 190 valence electrons. The Kier molecular flexibility index (Phi) is 13.2. The number of benzene rings is 1. The fourth-order valence-electron chi connectivity index (χ4n) is 3.27. The van der Waals surface area contributed by atoms with Gasteiger partial charge in [-0.3, -0.25) is 9.79 Å². The molecule has 0 fully saturated rings. The number of aliphatic hydroxyl groups is 3. The van der Waals surface area contributed by atoms with Crippen LogP contribution >= 0.6 is 12.4 Å². The zero-order valence-corrected chi connectivity index (χ0v) is 22.1. The molecule has 1 aliphatic heterocycles. The number of amides is 1. The minimum Gasteiger partial charge on any atom is -0.396 e. The van der Waals surface area contributed by atoms with Gasteiger partial charge < -0.3 is 26.0 Å². The van der Waals surface area contributed by atoms with Crippen molar-refractivity contribution in [2.75, 3.05) is 32.8 Å². The van der Waals surface area contributed by atoms with Crippen molar-refractivity contribution in [3.63, 3.8) is 0 Å². The lowest BCUT2D eigenvalue weighted by molar-refractivity contribution is -0.137. The number of aliphatic imine (C=N–C) groups is 1. The molecular weight excluding hydrogens is 442 g/mol. The van der Waals surface area contributed by atoms with Crippen LogP contribution in [0.25, 0.3) is 0 Å². The molecule has 0 aliphatic carbocycles. The number of halogens is 1. The Balaban J connectivity index is 0.000000624. The fraction of sp³-hybridized carbons (Fsp3) is 0.680. The Bertz CT molecular complexity index is 765. The molecule has 33 heavy (non-hydrogen) atoms. The van der Waals surface area contributed by atoms with E-state index in [1.165, 1.54) is 22.3 Å². The number of amidine groups is 1. The molecule has 0 aromatic heterocycles. The first-order valence-corrected chi connectivity index (χ1v) is 11.4. The van der Waals surface area contributed by atoms with Crippen LogP contribution in [0.4, 0.5) is 0 Å². The number of rotatable bonds is 8. The van der Waals surface area contributed by atoms with Gasteiger partial charge in [0.15, 0.2) is 0 Å². The SMILES string of the molecule is CC(C)(CO)[C@@H](O)C(=O)NCCCO.Cc1cc(C(C)(C)C)cc(C)c1CC1=NCCN1.Cl. The molecule has 1 aliphatic rings. The Morgan fingerprint density at radius 3 is 2.15 bits per heavy atom. The first kappa shape index (κ1) is 31.3. The normalized spacial score (nSPS) is 14.3. The molecule has 1 atom stereocenters. The molecule has 0 radical (unpaired) electrons. The van der Waals surface area contributed by atoms with Gasteiger partial charge >= 0.3 is 0 Å². The second kappa shape index (κ2) is 13.9. The van der Waals surface area contributed by atoms with E-state index in [9.17, 15) is 9.90 Å². The van der Waals surface area contributed by atoms with Crippen molar-refractivity contribution in [2.24, 2.45) is 10.4 Å². The van der Waals surface area contributed by atoms with E-state index in [0.717, 1.165) is 25.3 Å². The molecule has 0 bridgehead atoms. The molecule has 0 unspecified atom stereocenters. The van der Waals surface area contributed by atoms with Crippen LogP contribution in [0.2, 0.25) is 0 Å². The van der Waals surface area contributed by atoms with Crippen molar-refractivity contribution < 1.29 is 20.1 Å². The molecule has 0 spiro atoms. The second-order valence-corrected chi connectivity index (χ2v) is 10.2. The summed E-state index contributed by atoms with van der Waals surface area (Å²) in [5.74, 6) is 0.627. The van der Waals surface area contributed by atoms with Crippen molar-refractivity contribution in [1.82, 2.24) is 10.6 Å². The lowest BCUT2D eigenvalue weighted by atomic mass is 9.83. The zero-order valence-electron chi connectivity index (χ0n) is 21.3. The summed E-state index contributed by atoms with van der Waals surface area (Å²) in [5, 5.41) is 32.7. The van der Waals surface area contributed by atoms with E-state index in [1.54, 1.807) is 13.8 Å². The van der Waals surface area contributed by atoms with Gasteiger partial charge in [0.2, 0.25) is 5.91 Å². The zero-order chi connectivity index (χ0) is 24.5. The highest BCUT2D eigenvalue weighted by molar-refractivity contribution is 5.86. The number of carbonyl (C=O) groups excluding carboxylic acids is 1. The van der Waals surface area contributed by atoms with E-state index < -0.39 is 17.4 Å². The third-order valence-corrected chi connectivity index (χ3v) is 5.68. The van der Waals surface area contributed by atoms with E-state index in [1.807, 2.05) is 0 Å². The maximum Gasteiger partial charge on any atom is 0.249 e. The van der Waals surface area contributed by atoms with Crippen molar-refractivity contribution in [2.45, 2.75) is 72.8 Å². The smallest absolute Gasteiger partial charge is 0.249 e. The quantitative estimate of drug-likeness (QED) is 0.363. The predicted octanol–water partition coefficient (Wildman–Crippen LogP) is 2.43. The van der Waals surface area contributed by atoms with E-state index in [4.69, 9.17) is 10.2 Å². The molecule has 1 aromatic rings. The lowest BCUT2D eigenvalue weighted by Crippen LogP contribution is -2.45. The highest BCUT2D eigenvalue weighted by Gasteiger charge is 2.32. The summed E-state index contributed by atoms with van der Waals surface area (Å²) in [6.07, 6.45) is 0.173. The van der Waals surface area contributed by atoms with Gasteiger partial charge in [-0.15, -0.1) is 12.4 Å². The van der Waals surface area contributed by atoms with Crippen LogP contribution in [0.5, 0.6) is 0 Å². The van der Waals surface area contributed by atoms with Gasteiger partial charge in [0, 0.05) is 31.5 Å². The van der Waals surface area contributed by atoms with Gasteiger partial charge in [-0.25, -0.2) is 0 Å². The standard InChI is InChI=1S/C16H24N2.C9H19NO4.ClH/c1-11-8-13(16(3,4)5)9-12(2)14(11)10-15-17-6-7-18-15;1-9(2,6-12)7(13)8(14)10-4-3-5-11;/h8-9H,6-7,10H2,1-5H3,(H,17,18);7,11-13H,3-6H2,1-2H3,(H,10,14);1H/t;7-;/m.0./s1. The van der Waals surface area contributed by atoms with Crippen LogP contribution in [0.3, 0.4) is 0 Å². The Morgan fingerprint density at radius 2 is 1.73 bits per heavy atom. The third-order valence-electron chi connectivity index (χ3n) is 5.68. The van der Waals surface area contributed by atoms with Crippen molar-refractivity contribution in [3.8, 4) is 0 Å². The molecule has 1 aromatic carbocycles. The Morgan fingerprint density at radius 1 is 1.15 bits per heavy atom. The maximum atomic E-state index is 11.3. The van der Waals surface area contributed by atoms with Gasteiger partial charge in [0.05, 0.1) is 13.2 Å². The number of carbonyl (C=O) groups is 1. The highest BCUT2D eigenvalue weighted by atomic mass is 35.5. The summed E-state index contributed by atoms with van der Waals surface area (Å²) in [6.45, 7) is 16.4. The number of aryl methyl sites for hydroxylation is 2. The van der Waals surface area contributed by atoms with Gasteiger partial charge in [0.25, 0.3) is 0 Å². The molecular formula is C25H44ClN3O4. The van der Waals surface area contributed by atoms with Crippen LogP contribution in [-0.4, -0.2) is 66.0 Å². The minimum atomic E-state index is -1.23. The maximum absolute atomic E-state index is 11.3.